The van der Waals surface area contributed by atoms with E-state index in [1.54, 1.807) is 6.07 Å². The van der Waals surface area contributed by atoms with Crippen LogP contribution < -0.4 is 5.56 Å². The van der Waals surface area contributed by atoms with Crippen molar-refractivity contribution in [3.63, 3.8) is 0 Å². The third-order valence-corrected chi connectivity index (χ3v) is 6.82. The fourth-order valence-corrected chi connectivity index (χ4v) is 4.93. The van der Waals surface area contributed by atoms with Gasteiger partial charge < -0.3 is 9.88 Å². The van der Waals surface area contributed by atoms with Crippen LogP contribution in [0.1, 0.15) is 40.6 Å². The fourth-order valence-electron chi connectivity index (χ4n) is 4.93. The van der Waals surface area contributed by atoms with Crippen molar-refractivity contribution in [2.75, 3.05) is 13.1 Å². The van der Waals surface area contributed by atoms with E-state index < -0.39 is 0 Å². The lowest BCUT2D eigenvalue weighted by Crippen LogP contribution is -2.39. The Morgan fingerprint density at radius 2 is 1.57 bits per heavy atom. The molecule has 0 unspecified atom stereocenters. The Hall–Kier alpha value is -4.26. The lowest BCUT2D eigenvalue weighted by Gasteiger charge is -2.31. The SMILES string of the molecule is O=C(c1nn(Cc2ccccc2)c(=O)c2ccccc12)N1CCC(c2nc3ccccc3[nH]2)CC1. The number of H-pyrrole nitrogens is 1. The second-order valence-electron chi connectivity index (χ2n) is 9.05. The molecule has 0 radical (unpaired) electrons. The maximum atomic E-state index is 13.6. The highest BCUT2D eigenvalue weighted by Crippen LogP contribution is 2.29. The predicted molar refractivity (Wildman–Crippen MR) is 136 cm³/mol. The van der Waals surface area contributed by atoms with Crippen LogP contribution in [0.3, 0.4) is 0 Å². The maximum Gasteiger partial charge on any atom is 0.274 e. The molecule has 7 heteroatoms. The fraction of sp³-hybridized carbons (Fsp3) is 0.214. The molecule has 1 fully saturated rings. The smallest absolute Gasteiger partial charge is 0.274 e. The number of rotatable bonds is 4. The van der Waals surface area contributed by atoms with Gasteiger partial charge in [-0.2, -0.15) is 5.10 Å². The molecule has 5 aromatic rings. The monoisotopic (exact) mass is 463 g/mol. The molecular weight excluding hydrogens is 438 g/mol. The summed E-state index contributed by atoms with van der Waals surface area (Å²) in [5.41, 5.74) is 3.11. The molecule has 1 saturated heterocycles. The molecular formula is C28H25N5O2. The molecule has 1 aliphatic rings. The van der Waals surface area contributed by atoms with Gasteiger partial charge in [0.15, 0.2) is 5.69 Å². The largest absolute Gasteiger partial charge is 0.342 e. The maximum absolute atomic E-state index is 13.6. The molecule has 3 aromatic carbocycles. The van der Waals surface area contributed by atoms with Gasteiger partial charge in [-0.15, -0.1) is 0 Å². The average Bonchev–Trinajstić information content (AvgIpc) is 3.35. The van der Waals surface area contributed by atoms with Gasteiger partial charge in [-0.05, 0) is 36.6 Å². The second-order valence-corrected chi connectivity index (χ2v) is 9.05. The summed E-state index contributed by atoms with van der Waals surface area (Å²) in [6.07, 6.45) is 1.65. The van der Waals surface area contributed by atoms with E-state index in [2.05, 4.69) is 10.1 Å². The highest BCUT2D eigenvalue weighted by molar-refractivity contribution is 6.04. The first-order valence-electron chi connectivity index (χ1n) is 11.9. The van der Waals surface area contributed by atoms with Gasteiger partial charge in [-0.3, -0.25) is 9.59 Å². The van der Waals surface area contributed by atoms with Crippen LogP contribution in [0, 0.1) is 0 Å². The number of hydrogen-bond acceptors (Lipinski definition) is 4. The zero-order valence-corrected chi connectivity index (χ0v) is 19.2. The van der Waals surface area contributed by atoms with Gasteiger partial charge >= 0.3 is 0 Å². The first kappa shape index (κ1) is 21.3. The number of fused-ring (bicyclic) bond motifs is 2. The third kappa shape index (κ3) is 3.99. The van der Waals surface area contributed by atoms with Gasteiger partial charge in [0.1, 0.15) is 5.82 Å². The lowest BCUT2D eigenvalue weighted by atomic mass is 9.95. The molecule has 7 nitrogen and oxygen atoms in total. The number of likely N-dealkylation sites (tertiary alicyclic amines) is 1. The Bertz CT molecular complexity index is 1550. The van der Waals surface area contributed by atoms with Crippen molar-refractivity contribution in [3.8, 4) is 0 Å². The number of imidazole rings is 1. The highest BCUT2D eigenvalue weighted by atomic mass is 16.2. The third-order valence-electron chi connectivity index (χ3n) is 6.82. The number of nitrogens with one attached hydrogen (secondary N) is 1. The summed E-state index contributed by atoms with van der Waals surface area (Å²) in [6, 6.07) is 25.0. The quantitative estimate of drug-likeness (QED) is 0.430. The molecule has 0 bridgehead atoms. The summed E-state index contributed by atoms with van der Waals surface area (Å²) in [7, 11) is 0. The minimum atomic E-state index is -0.190. The summed E-state index contributed by atoms with van der Waals surface area (Å²) < 4.78 is 1.41. The number of benzene rings is 3. The molecule has 174 valence electrons. The Morgan fingerprint density at radius 3 is 2.34 bits per heavy atom. The van der Waals surface area contributed by atoms with Crippen LogP contribution in [-0.2, 0) is 6.54 Å². The molecule has 1 aliphatic heterocycles. The molecule has 2 aromatic heterocycles. The van der Waals surface area contributed by atoms with Gasteiger partial charge in [-0.25, -0.2) is 9.67 Å². The Morgan fingerprint density at radius 1 is 0.886 bits per heavy atom. The topological polar surface area (TPSA) is 83.9 Å². The summed E-state index contributed by atoms with van der Waals surface area (Å²) in [5.74, 6) is 1.13. The average molecular weight is 464 g/mol. The van der Waals surface area contributed by atoms with Gasteiger partial charge in [0.05, 0.1) is 23.0 Å². The van der Waals surface area contributed by atoms with Crippen LogP contribution in [0.5, 0.6) is 0 Å². The Labute approximate surface area is 202 Å². The van der Waals surface area contributed by atoms with E-state index in [1.807, 2.05) is 77.7 Å². The number of aromatic amines is 1. The van der Waals surface area contributed by atoms with Crippen LogP contribution in [-0.4, -0.2) is 43.6 Å². The van der Waals surface area contributed by atoms with Crippen LogP contribution in [0.2, 0.25) is 0 Å². The van der Waals surface area contributed by atoms with Crippen molar-refractivity contribution < 1.29 is 4.79 Å². The normalized spacial score (nSPS) is 14.6. The number of para-hydroxylation sites is 2. The van der Waals surface area contributed by atoms with Crippen molar-refractivity contribution >= 4 is 27.7 Å². The van der Waals surface area contributed by atoms with E-state index in [4.69, 9.17) is 4.98 Å². The van der Waals surface area contributed by atoms with E-state index in [0.717, 1.165) is 35.3 Å². The van der Waals surface area contributed by atoms with Crippen LogP contribution in [0.15, 0.2) is 83.7 Å². The van der Waals surface area contributed by atoms with Crippen LogP contribution >= 0.6 is 0 Å². The van der Waals surface area contributed by atoms with E-state index in [9.17, 15) is 9.59 Å². The summed E-state index contributed by atoms with van der Waals surface area (Å²) in [4.78, 5) is 36.8. The molecule has 0 saturated carbocycles. The minimum Gasteiger partial charge on any atom is -0.342 e. The molecule has 0 spiro atoms. The first-order valence-corrected chi connectivity index (χ1v) is 11.9. The van der Waals surface area contributed by atoms with Crippen molar-refractivity contribution in [1.82, 2.24) is 24.6 Å². The minimum absolute atomic E-state index is 0.133. The lowest BCUT2D eigenvalue weighted by molar-refractivity contribution is 0.0705. The molecule has 0 atom stereocenters. The van der Waals surface area contributed by atoms with Gasteiger partial charge in [0, 0.05) is 24.4 Å². The van der Waals surface area contributed by atoms with Crippen LogP contribution in [0.4, 0.5) is 0 Å². The molecule has 3 heterocycles. The van der Waals surface area contributed by atoms with Crippen molar-refractivity contribution in [2.45, 2.75) is 25.3 Å². The summed E-state index contributed by atoms with van der Waals surface area (Å²) in [6.45, 7) is 1.56. The van der Waals surface area contributed by atoms with E-state index in [-0.39, 0.29) is 17.4 Å². The van der Waals surface area contributed by atoms with Crippen molar-refractivity contribution in [3.05, 3.63) is 106 Å². The zero-order chi connectivity index (χ0) is 23.8. The molecule has 6 rings (SSSR count). The number of piperidine rings is 1. The van der Waals surface area contributed by atoms with Gasteiger partial charge in [0.2, 0.25) is 0 Å². The van der Waals surface area contributed by atoms with Crippen molar-refractivity contribution in [1.29, 1.82) is 0 Å². The van der Waals surface area contributed by atoms with E-state index in [1.165, 1.54) is 4.68 Å². The molecule has 1 N–H and O–H groups in total. The number of amides is 1. The van der Waals surface area contributed by atoms with Crippen molar-refractivity contribution in [2.24, 2.45) is 0 Å². The molecule has 35 heavy (non-hydrogen) atoms. The zero-order valence-electron chi connectivity index (χ0n) is 19.2. The van der Waals surface area contributed by atoms with Crippen LogP contribution in [0.25, 0.3) is 21.8 Å². The first-order chi connectivity index (χ1) is 17.2. The standard InChI is InChI=1S/C28H25N5O2/c34-27-22-11-5-4-10-21(22)25(31-33(27)18-19-8-2-1-3-9-19)28(35)32-16-14-20(15-17-32)26-29-23-12-6-7-13-24(23)30-26/h1-13,20H,14-18H2,(H,29,30). The number of hydrogen-bond donors (Lipinski definition) is 1. The summed E-state index contributed by atoms with van der Waals surface area (Å²) >= 11 is 0. The highest BCUT2D eigenvalue weighted by Gasteiger charge is 2.28. The summed E-state index contributed by atoms with van der Waals surface area (Å²) in [5, 5.41) is 5.69. The van der Waals surface area contributed by atoms with E-state index in [0.29, 0.717) is 36.1 Å². The van der Waals surface area contributed by atoms with Gasteiger partial charge in [-0.1, -0.05) is 60.7 Å². The van der Waals surface area contributed by atoms with Gasteiger partial charge in [0.25, 0.3) is 11.5 Å². The van der Waals surface area contributed by atoms with E-state index >= 15 is 0 Å². The molecule has 0 aliphatic carbocycles. The predicted octanol–water partition coefficient (Wildman–Crippen LogP) is 4.34. The number of carbonyl (C=O) groups is 1. The number of carbonyl (C=O) groups excluding carboxylic acids is 1. The Kier molecular flexibility index (Phi) is 5.37. The number of nitrogens with zero attached hydrogens (tertiary/aromatic N) is 4. The second kappa shape index (κ2) is 8.83. The molecule has 1 amide bonds. The number of aromatic nitrogens is 4. The Balaban J connectivity index is 1.27.